The lowest BCUT2D eigenvalue weighted by Gasteiger charge is -2.32. The Hall–Kier alpha value is -1.69. The van der Waals surface area contributed by atoms with Gasteiger partial charge in [0.05, 0.1) is 0 Å². The molecule has 1 aromatic rings. The van der Waals surface area contributed by atoms with Crippen LogP contribution in [0.15, 0.2) is 30.3 Å². The number of carbonyl (C=O) groups excluding carboxylic acids is 1. The highest BCUT2D eigenvalue weighted by molar-refractivity contribution is 7.98. The Balaban J connectivity index is 2.75. The van der Waals surface area contributed by atoms with Gasteiger partial charge < -0.3 is 9.84 Å². The van der Waals surface area contributed by atoms with Crippen molar-refractivity contribution in [1.29, 1.82) is 0 Å². The van der Waals surface area contributed by atoms with Gasteiger partial charge in [-0.1, -0.05) is 44.2 Å². The molecule has 1 atom stereocenters. The van der Waals surface area contributed by atoms with Crippen LogP contribution in [-0.2, 0) is 15.3 Å². The molecule has 146 valence electrons. The first kappa shape index (κ1) is 22.4. The molecule has 0 bridgehead atoms. The number of nitrogens with zero attached hydrogens (tertiary/aromatic N) is 1. The molecule has 1 aromatic carbocycles. The molecular weight excluding hydrogens is 350 g/mol. The van der Waals surface area contributed by atoms with Crippen molar-refractivity contribution in [2.45, 2.75) is 58.4 Å². The molecule has 0 aliphatic rings. The lowest BCUT2D eigenvalue weighted by Crippen LogP contribution is -2.48. The summed E-state index contributed by atoms with van der Waals surface area (Å²) in [5, 5.41) is 9.62. The maximum absolute atomic E-state index is 12.6. The summed E-state index contributed by atoms with van der Waals surface area (Å²) < 4.78 is 5.44. The number of ether oxygens (including phenoxy) is 1. The average molecular weight is 382 g/mol. The molecule has 0 spiro atoms. The standard InChI is InChI=1S/C20H31NO4S/c1-15(2)13-17(18(22)23)21(19(24)25-20(3,4)5)11-12-26-14-16-9-7-6-8-10-16/h6-10,15,17H,11-14H2,1-5H3,(H,22,23)/t17-/m0/s1. The Kier molecular flexibility index (Phi) is 8.99. The minimum Gasteiger partial charge on any atom is -0.480 e. The van der Waals surface area contributed by atoms with Crippen LogP contribution < -0.4 is 0 Å². The number of hydrogen-bond donors (Lipinski definition) is 1. The lowest BCUT2D eigenvalue weighted by molar-refractivity contribution is -0.143. The largest absolute Gasteiger partial charge is 0.480 e. The minimum atomic E-state index is -0.988. The molecule has 0 aliphatic carbocycles. The van der Waals surface area contributed by atoms with Gasteiger partial charge in [0.2, 0.25) is 0 Å². The molecule has 0 unspecified atom stereocenters. The zero-order valence-corrected chi connectivity index (χ0v) is 17.2. The first-order chi connectivity index (χ1) is 12.1. The molecule has 0 saturated heterocycles. The summed E-state index contributed by atoms with van der Waals surface area (Å²) in [6.45, 7) is 9.60. The third-order valence-corrected chi connectivity index (χ3v) is 4.58. The normalized spacial score (nSPS) is 12.7. The highest BCUT2D eigenvalue weighted by Gasteiger charge is 2.33. The number of hydrogen-bond acceptors (Lipinski definition) is 4. The second-order valence-corrected chi connectivity index (χ2v) is 8.80. The van der Waals surface area contributed by atoms with E-state index < -0.39 is 23.7 Å². The van der Waals surface area contributed by atoms with E-state index in [2.05, 4.69) is 12.1 Å². The van der Waals surface area contributed by atoms with Gasteiger partial charge in [-0.25, -0.2) is 9.59 Å². The van der Waals surface area contributed by atoms with Crippen LogP contribution in [0.5, 0.6) is 0 Å². The minimum absolute atomic E-state index is 0.165. The highest BCUT2D eigenvalue weighted by Crippen LogP contribution is 2.19. The molecule has 0 heterocycles. The molecule has 6 heteroatoms. The van der Waals surface area contributed by atoms with Gasteiger partial charge in [0, 0.05) is 18.1 Å². The van der Waals surface area contributed by atoms with Crippen molar-refractivity contribution in [2.75, 3.05) is 12.3 Å². The Morgan fingerprint density at radius 3 is 2.31 bits per heavy atom. The molecule has 1 amide bonds. The third kappa shape index (κ3) is 8.61. The van der Waals surface area contributed by atoms with Crippen molar-refractivity contribution >= 4 is 23.8 Å². The topological polar surface area (TPSA) is 66.8 Å². The number of thioether (sulfide) groups is 1. The van der Waals surface area contributed by atoms with E-state index in [9.17, 15) is 14.7 Å². The van der Waals surface area contributed by atoms with E-state index in [4.69, 9.17) is 4.74 Å². The van der Waals surface area contributed by atoms with Crippen molar-refractivity contribution in [1.82, 2.24) is 4.90 Å². The molecule has 0 aliphatic heterocycles. The molecular formula is C20H31NO4S. The molecule has 26 heavy (non-hydrogen) atoms. The number of carboxylic acids is 1. The van der Waals surface area contributed by atoms with Gasteiger partial charge in [0.15, 0.2) is 0 Å². The number of amides is 1. The van der Waals surface area contributed by atoms with Crippen molar-refractivity contribution in [3.63, 3.8) is 0 Å². The zero-order valence-electron chi connectivity index (χ0n) is 16.4. The molecule has 5 nitrogen and oxygen atoms in total. The Morgan fingerprint density at radius 2 is 1.81 bits per heavy atom. The monoisotopic (exact) mass is 381 g/mol. The van der Waals surface area contributed by atoms with E-state index in [1.807, 2.05) is 32.0 Å². The summed E-state index contributed by atoms with van der Waals surface area (Å²) in [4.78, 5) is 25.7. The van der Waals surface area contributed by atoms with E-state index in [1.165, 1.54) is 10.5 Å². The number of aliphatic carboxylic acids is 1. The molecule has 0 aromatic heterocycles. The van der Waals surface area contributed by atoms with Crippen molar-refractivity contribution in [2.24, 2.45) is 5.92 Å². The second-order valence-electron chi connectivity index (χ2n) is 7.70. The van der Waals surface area contributed by atoms with E-state index in [1.54, 1.807) is 32.5 Å². The van der Waals surface area contributed by atoms with E-state index >= 15 is 0 Å². The van der Waals surface area contributed by atoms with Crippen LogP contribution in [0.3, 0.4) is 0 Å². The fourth-order valence-corrected chi connectivity index (χ4v) is 3.33. The predicted octanol–water partition coefficient (Wildman–Crippen LogP) is 4.66. The highest BCUT2D eigenvalue weighted by atomic mass is 32.2. The Morgan fingerprint density at radius 1 is 1.19 bits per heavy atom. The van der Waals surface area contributed by atoms with Crippen molar-refractivity contribution in [3.8, 4) is 0 Å². The van der Waals surface area contributed by atoms with Crippen LogP contribution >= 0.6 is 11.8 Å². The molecule has 1 N–H and O–H groups in total. The molecule has 1 rings (SSSR count). The first-order valence-corrected chi connectivity index (χ1v) is 10.1. The predicted molar refractivity (Wildman–Crippen MR) is 106 cm³/mol. The van der Waals surface area contributed by atoms with Crippen molar-refractivity contribution < 1.29 is 19.4 Å². The Labute approximate surface area is 161 Å². The Bertz CT molecular complexity index is 569. The quantitative estimate of drug-likeness (QED) is 0.630. The van der Waals surface area contributed by atoms with Crippen molar-refractivity contribution in [3.05, 3.63) is 35.9 Å². The van der Waals surface area contributed by atoms with Gasteiger partial charge in [0.1, 0.15) is 11.6 Å². The summed E-state index contributed by atoms with van der Waals surface area (Å²) in [5.74, 6) is 0.650. The lowest BCUT2D eigenvalue weighted by atomic mass is 10.0. The number of rotatable bonds is 9. The van der Waals surface area contributed by atoms with Gasteiger partial charge in [-0.05, 0) is 38.7 Å². The maximum Gasteiger partial charge on any atom is 0.411 e. The average Bonchev–Trinajstić information content (AvgIpc) is 2.52. The van der Waals surface area contributed by atoms with Gasteiger partial charge in [-0.3, -0.25) is 4.90 Å². The van der Waals surface area contributed by atoms with Crippen LogP contribution in [0.25, 0.3) is 0 Å². The molecule has 0 radical (unpaired) electrons. The summed E-state index contributed by atoms with van der Waals surface area (Å²) in [5.41, 5.74) is 0.547. The van der Waals surface area contributed by atoms with E-state index in [-0.39, 0.29) is 5.92 Å². The third-order valence-electron chi connectivity index (χ3n) is 3.57. The van der Waals surface area contributed by atoms with Crippen LogP contribution in [-0.4, -0.2) is 46.0 Å². The van der Waals surface area contributed by atoms with Gasteiger partial charge >= 0.3 is 12.1 Å². The van der Waals surface area contributed by atoms with Crippen LogP contribution in [0.4, 0.5) is 4.79 Å². The maximum atomic E-state index is 12.6. The van der Waals surface area contributed by atoms with Crippen LogP contribution in [0.2, 0.25) is 0 Å². The van der Waals surface area contributed by atoms with E-state index in [0.29, 0.717) is 18.7 Å². The van der Waals surface area contributed by atoms with E-state index in [0.717, 1.165) is 5.75 Å². The van der Waals surface area contributed by atoms with Crippen LogP contribution in [0.1, 0.15) is 46.6 Å². The number of carboxylic acid groups (broad SMARTS) is 1. The summed E-state index contributed by atoms with van der Waals surface area (Å²) >= 11 is 1.68. The number of benzene rings is 1. The van der Waals surface area contributed by atoms with Gasteiger partial charge in [-0.15, -0.1) is 0 Å². The molecule has 0 saturated carbocycles. The summed E-state index contributed by atoms with van der Waals surface area (Å²) in [6.07, 6.45) is -0.163. The fourth-order valence-electron chi connectivity index (χ4n) is 2.43. The first-order valence-electron chi connectivity index (χ1n) is 8.94. The van der Waals surface area contributed by atoms with Gasteiger partial charge in [0.25, 0.3) is 0 Å². The molecule has 0 fully saturated rings. The van der Waals surface area contributed by atoms with Gasteiger partial charge in [-0.2, -0.15) is 11.8 Å². The summed E-state index contributed by atoms with van der Waals surface area (Å²) in [6, 6.07) is 9.19. The zero-order chi connectivity index (χ0) is 19.7. The smallest absolute Gasteiger partial charge is 0.411 e. The second kappa shape index (κ2) is 10.5. The summed E-state index contributed by atoms with van der Waals surface area (Å²) in [7, 11) is 0. The fraction of sp³-hybridized carbons (Fsp3) is 0.600. The van der Waals surface area contributed by atoms with Crippen LogP contribution in [0, 0.1) is 5.92 Å². The number of carbonyl (C=O) groups is 2. The SMILES string of the molecule is CC(C)C[C@@H](C(=O)O)N(CCSCc1ccccc1)C(=O)OC(C)(C)C.